The minimum atomic E-state index is -4.63. The lowest BCUT2D eigenvalue weighted by molar-refractivity contribution is -0.156. The molecular weight excluding hydrogens is 393 g/mol. The number of nitrogens with zero attached hydrogens (tertiary/aromatic N) is 2. The Hall–Kier alpha value is -2.83. The fraction of sp³-hybridized carbons (Fsp3) is 0.391. The molecule has 0 spiro atoms. The second-order valence-electron chi connectivity index (χ2n) is 9.28. The third-order valence-corrected chi connectivity index (χ3v) is 5.40. The van der Waals surface area contributed by atoms with Gasteiger partial charge in [0, 0.05) is 5.56 Å². The average Bonchev–Trinajstić information content (AvgIpc) is 3.27. The molecule has 0 bridgehead atoms. The van der Waals surface area contributed by atoms with Gasteiger partial charge in [0.1, 0.15) is 11.0 Å². The Morgan fingerprint density at radius 1 is 0.900 bits per heavy atom. The topological polar surface area (TPSA) is 52.1 Å². The van der Waals surface area contributed by atoms with Gasteiger partial charge >= 0.3 is 12.1 Å². The summed E-state index contributed by atoms with van der Waals surface area (Å²) in [4.78, 5) is 8.18. The normalized spacial score (nSPS) is 13.5. The molecule has 0 aliphatic carbocycles. The van der Waals surface area contributed by atoms with Gasteiger partial charge in [0.25, 0.3) is 0 Å². The van der Waals surface area contributed by atoms with Crippen molar-refractivity contribution in [1.29, 1.82) is 0 Å². The van der Waals surface area contributed by atoms with Crippen LogP contribution in [0.4, 0.5) is 13.2 Å². The monoisotopic (exact) mass is 416 g/mol. The maximum absolute atomic E-state index is 13.1. The van der Waals surface area contributed by atoms with Gasteiger partial charge in [-0.3, -0.25) is 0 Å². The molecule has 0 saturated carbocycles. The number of para-hydroxylation sites is 1. The highest BCUT2D eigenvalue weighted by molar-refractivity contribution is 5.82. The van der Waals surface area contributed by atoms with E-state index in [4.69, 9.17) is 8.83 Å². The number of halogens is 3. The highest BCUT2D eigenvalue weighted by atomic mass is 19.4. The molecule has 0 aliphatic rings. The van der Waals surface area contributed by atoms with Crippen LogP contribution in [0.25, 0.3) is 22.2 Å². The molecule has 158 valence electrons. The highest BCUT2D eigenvalue weighted by Crippen LogP contribution is 2.39. The summed E-state index contributed by atoms with van der Waals surface area (Å²) in [5, 5.41) is 0. The predicted molar refractivity (Wildman–Crippen MR) is 108 cm³/mol. The molecule has 4 aromatic rings. The first-order chi connectivity index (χ1) is 13.9. The Kier molecular flexibility index (Phi) is 4.49. The van der Waals surface area contributed by atoms with E-state index < -0.39 is 17.5 Å². The van der Waals surface area contributed by atoms with Crippen molar-refractivity contribution in [2.45, 2.75) is 58.0 Å². The number of oxazole rings is 2. The molecule has 0 radical (unpaired) electrons. The maximum Gasteiger partial charge on any atom is 0.468 e. The Labute approximate surface area is 172 Å². The minimum absolute atomic E-state index is 0.105. The molecule has 30 heavy (non-hydrogen) atoms. The molecule has 2 aromatic heterocycles. The zero-order chi connectivity index (χ0) is 21.9. The Bertz CT molecular complexity index is 1230. The number of alkyl halides is 3. The van der Waals surface area contributed by atoms with Gasteiger partial charge in [-0.2, -0.15) is 13.2 Å². The van der Waals surface area contributed by atoms with Gasteiger partial charge in [0.15, 0.2) is 17.6 Å². The second-order valence-corrected chi connectivity index (χ2v) is 9.28. The van der Waals surface area contributed by atoms with E-state index in [-0.39, 0.29) is 16.5 Å². The lowest BCUT2D eigenvalue weighted by atomic mass is 9.77. The maximum atomic E-state index is 13.1. The summed E-state index contributed by atoms with van der Waals surface area (Å²) in [7, 11) is 0. The van der Waals surface area contributed by atoms with Gasteiger partial charge in [-0.05, 0) is 34.4 Å². The lowest BCUT2D eigenvalue weighted by Crippen LogP contribution is -2.21. The molecule has 0 saturated heterocycles. The van der Waals surface area contributed by atoms with Crippen LogP contribution in [0, 0.1) is 0 Å². The molecule has 0 N–H and O–H groups in total. The summed E-state index contributed by atoms with van der Waals surface area (Å²) in [5.41, 5.74) is 3.98. The molecule has 0 amide bonds. The third-order valence-electron chi connectivity index (χ3n) is 5.40. The molecule has 4 rings (SSSR count). The van der Waals surface area contributed by atoms with Crippen LogP contribution in [0.2, 0.25) is 0 Å². The van der Waals surface area contributed by atoms with Crippen LogP contribution in [-0.4, -0.2) is 9.97 Å². The molecular formula is C23H23F3N2O2. The molecule has 4 nitrogen and oxygen atoms in total. The number of rotatable bonds is 3. The van der Waals surface area contributed by atoms with E-state index in [1.54, 1.807) is 12.1 Å². The van der Waals surface area contributed by atoms with E-state index in [0.29, 0.717) is 12.0 Å². The zero-order valence-electron chi connectivity index (χ0n) is 17.5. The smallest absolute Gasteiger partial charge is 0.443 e. The van der Waals surface area contributed by atoms with Gasteiger partial charge in [-0.25, -0.2) is 9.97 Å². The van der Waals surface area contributed by atoms with Gasteiger partial charge in [-0.15, -0.1) is 0 Å². The van der Waals surface area contributed by atoms with Crippen LogP contribution in [0.1, 0.15) is 57.2 Å². The van der Waals surface area contributed by atoms with Gasteiger partial charge < -0.3 is 8.83 Å². The quantitative estimate of drug-likeness (QED) is 0.368. The van der Waals surface area contributed by atoms with E-state index in [0.717, 1.165) is 22.2 Å². The van der Waals surface area contributed by atoms with Gasteiger partial charge in [-0.1, -0.05) is 58.9 Å². The number of hydrogen-bond donors (Lipinski definition) is 0. The molecule has 0 aliphatic heterocycles. The van der Waals surface area contributed by atoms with E-state index in [1.165, 1.54) is 12.5 Å². The summed E-state index contributed by atoms with van der Waals surface area (Å²) >= 11 is 0. The predicted octanol–water partition coefficient (Wildman–Crippen LogP) is 6.81. The SMILES string of the molecule is CC(C)(C)c1ccc(CC(C)(C)c2cccc3oc(C(F)(F)F)nc23)c2ncoc12. The van der Waals surface area contributed by atoms with Crippen molar-refractivity contribution in [1.82, 2.24) is 9.97 Å². The molecule has 0 atom stereocenters. The van der Waals surface area contributed by atoms with Gasteiger partial charge in [0.2, 0.25) is 0 Å². The number of hydrogen-bond acceptors (Lipinski definition) is 4. The first kappa shape index (κ1) is 20.4. The summed E-state index contributed by atoms with van der Waals surface area (Å²) in [6, 6.07) is 9.06. The van der Waals surface area contributed by atoms with Crippen molar-refractivity contribution in [2.24, 2.45) is 0 Å². The fourth-order valence-corrected chi connectivity index (χ4v) is 3.93. The van der Waals surface area contributed by atoms with Crippen LogP contribution in [0.15, 0.2) is 45.6 Å². The van der Waals surface area contributed by atoms with Crippen molar-refractivity contribution in [2.75, 3.05) is 0 Å². The Balaban J connectivity index is 1.79. The summed E-state index contributed by atoms with van der Waals surface area (Å²) in [6.45, 7) is 10.3. The molecule has 0 unspecified atom stereocenters. The van der Waals surface area contributed by atoms with Crippen LogP contribution in [-0.2, 0) is 23.4 Å². The van der Waals surface area contributed by atoms with E-state index in [2.05, 4.69) is 30.7 Å². The summed E-state index contributed by atoms with van der Waals surface area (Å²) in [5.74, 6) is -1.23. The van der Waals surface area contributed by atoms with E-state index in [1.807, 2.05) is 26.0 Å². The van der Waals surface area contributed by atoms with Crippen molar-refractivity contribution < 1.29 is 22.0 Å². The van der Waals surface area contributed by atoms with Crippen molar-refractivity contribution in [3.63, 3.8) is 0 Å². The first-order valence-corrected chi connectivity index (χ1v) is 9.71. The molecule has 2 aromatic carbocycles. The van der Waals surface area contributed by atoms with Crippen molar-refractivity contribution in [3.05, 3.63) is 59.3 Å². The Morgan fingerprint density at radius 2 is 1.63 bits per heavy atom. The van der Waals surface area contributed by atoms with Crippen LogP contribution < -0.4 is 0 Å². The summed E-state index contributed by atoms with van der Waals surface area (Å²) < 4.78 is 49.9. The van der Waals surface area contributed by atoms with Gasteiger partial charge in [0.05, 0.1) is 0 Å². The molecule has 0 fully saturated rings. The number of fused-ring (bicyclic) bond motifs is 2. The first-order valence-electron chi connectivity index (χ1n) is 9.71. The van der Waals surface area contributed by atoms with Crippen LogP contribution in [0.3, 0.4) is 0 Å². The van der Waals surface area contributed by atoms with Crippen LogP contribution in [0.5, 0.6) is 0 Å². The zero-order valence-corrected chi connectivity index (χ0v) is 17.5. The van der Waals surface area contributed by atoms with Crippen molar-refractivity contribution in [3.8, 4) is 0 Å². The average molecular weight is 416 g/mol. The summed E-state index contributed by atoms with van der Waals surface area (Å²) in [6.07, 6.45) is -2.64. The lowest BCUT2D eigenvalue weighted by Gasteiger charge is -2.26. The Morgan fingerprint density at radius 3 is 2.30 bits per heavy atom. The highest BCUT2D eigenvalue weighted by Gasteiger charge is 2.38. The van der Waals surface area contributed by atoms with E-state index in [9.17, 15) is 13.2 Å². The number of aromatic nitrogens is 2. The minimum Gasteiger partial charge on any atom is -0.443 e. The number of benzene rings is 2. The largest absolute Gasteiger partial charge is 0.468 e. The molecule has 7 heteroatoms. The third kappa shape index (κ3) is 3.46. The fourth-order valence-electron chi connectivity index (χ4n) is 3.93. The van der Waals surface area contributed by atoms with Crippen LogP contribution >= 0.6 is 0 Å². The molecule has 2 heterocycles. The second kappa shape index (κ2) is 6.59. The van der Waals surface area contributed by atoms with E-state index >= 15 is 0 Å². The standard InChI is InChI=1S/C23H23F3N2O2/c1-21(2,3)15-10-9-13(17-19(15)29-12-27-17)11-22(4,5)14-7-6-8-16-18(14)28-20(30-16)23(24,25)26/h6-10,12H,11H2,1-5H3. The van der Waals surface area contributed by atoms with Crippen molar-refractivity contribution >= 4 is 22.2 Å².